The van der Waals surface area contributed by atoms with Crippen LogP contribution in [0.2, 0.25) is 0 Å². The van der Waals surface area contributed by atoms with E-state index in [0.717, 1.165) is 0 Å². The van der Waals surface area contributed by atoms with E-state index in [1.54, 1.807) is 6.07 Å². The van der Waals surface area contributed by atoms with E-state index < -0.39 is 21.4 Å². The Morgan fingerprint density at radius 3 is 2.35 bits per heavy atom. The molecule has 20 heavy (non-hydrogen) atoms. The summed E-state index contributed by atoms with van der Waals surface area (Å²) in [5.41, 5.74) is 5.93. The number of hydrogen-bond acceptors (Lipinski definition) is 3. The lowest BCUT2D eigenvalue weighted by Gasteiger charge is -2.09. The lowest BCUT2D eigenvalue weighted by molar-refractivity contribution is 0.587. The van der Waals surface area contributed by atoms with Gasteiger partial charge in [-0.05, 0) is 36.4 Å². The molecule has 0 radical (unpaired) electrons. The molecule has 0 aromatic heterocycles. The highest BCUT2D eigenvalue weighted by Crippen LogP contribution is 2.27. The second kappa shape index (κ2) is 5.83. The summed E-state index contributed by atoms with van der Waals surface area (Å²) in [6.07, 6.45) is 0. The average Bonchev–Trinajstić information content (AvgIpc) is 2.36. The van der Waals surface area contributed by atoms with Crippen LogP contribution in [0.5, 0.6) is 0 Å². The van der Waals surface area contributed by atoms with Crippen molar-refractivity contribution in [1.29, 1.82) is 0 Å². The van der Waals surface area contributed by atoms with E-state index in [4.69, 9.17) is 5.73 Å². The summed E-state index contributed by atoms with van der Waals surface area (Å²) in [6, 6.07) is 8.74. The molecule has 0 atom stereocenters. The fourth-order valence-electron chi connectivity index (χ4n) is 1.71. The molecule has 0 aliphatic carbocycles. The highest BCUT2D eigenvalue weighted by Gasteiger charge is 2.20. The maximum Gasteiger partial charge on any atom is 0.184 e. The minimum atomic E-state index is -3.72. The molecular weight excluding hydrogens is 413 g/mol. The third kappa shape index (κ3) is 3.39. The molecule has 0 unspecified atom stereocenters. The van der Waals surface area contributed by atoms with E-state index in [1.165, 1.54) is 30.3 Å². The maximum atomic E-state index is 13.7. The fourth-order valence-corrected chi connectivity index (χ4v) is 4.15. The molecule has 0 saturated carbocycles. The Hall–Kier alpha value is -0.920. The summed E-state index contributed by atoms with van der Waals surface area (Å²) in [6.45, 7) is 0. The van der Waals surface area contributed by atoms with Gasteiger partial charge in [0, 0.05) is 14.5 Å². The second-order valence-electron chi connectivity index (χ2n) is 4.18. The van der Waals surface area contributed by atoms with Crippen LogP contribution in [0.25, 0.3) is 0 Å². The van der Waals surface area contributed by atoms with Gasteiger partial charge in [-0.2, -0.15) is 0 Å². The van der Waals surface area contributed by atoms with Gasteiger partial charge in [-0.3, -0.25) is 0 Å². The Kier molecular flexibility index (Phi) is 4.51. The normalized spacial score (nSPS) is 11.6. The van der Waals surface area contributed by atoms with Gasteiger partial charge in [-0.25, -0.2) is 12.8 Å². The smallest absolute Gasteiger partial charge is 0.184 e. The van der Waals surface area contributed by atoms with Crippen molar-refractivity contribution in [2.45, 2.75) is 10.6 Å². The van der Waals surface area contributed by atoms with Crippen LogP contribution in [-0.4, -0.2) is 8.42 Å². The molecule has 3 nitrogen and oxygen atoms in total. The van der Waals surface area contributed by atoms with Crippen molar-refractivity contribution in [1.82, 2.24) is 0 Å². The molecule has 0 aliphatic heterocycles. The van der Waals surface area contributed by atoms with E-state index in [9.17, 15) is 12.8 Å². The van der Waals surface area contributed by atoms with Crippen molar-refractivity contribution in [3.63, 3.8) is 0 Å². The summed E-state index contributed by atoms with van der Waals surface area (Å²) in [5.74, 6) is -1.01. The zero-order valence-corrected chi connectivity index (χ0v) is 14.1. The van der Waals surface area contributed by atoms with Crippen molar-refractivity contribution in [2.75, 3.05) is 5.73 Å². The number of hydrogen-bond donors (Lipinski definition) is 1. The number of nitrogens with two attached hydrogens (primary N) is 1. The minimum absolute atomic E-state index is 0.00810. The molecule has 0 heterocycles. The lowest BCUT2D eigenvalue weighted by atomic mass is 10.2. The van der Waals surface area contributed by atoms with Crippen LogP contribution in [0, 0.1) is 5.82 Å². The van der Waals surface area contributed by atoms with Crippen molar-refractivity contribution < 1.29 is 12.8 Å². The van der Waals surface area contributed by atoms with E-state index in [0.29, 0.717) is 8.95 Å². The molecule has 0 fully saturated rings. The fraction of sp³-hybridized carbons (Fsp3) is 0.0769. The molecule has 2 aromatic carbocycles. The van der Waals surface area contributed by atoms with E-state index >= 15 is 0 Å². The van der Waals surface area contributed by atoms with Crippen LogP contribution < -0.4 is 5.73 Å². The van der Waals surface area contributed by atoms with Gasteiger partial charge in [-0.15, -0.1) is 0 Å². The zero-order valence-electron chi connectivity index (χ0n) is 10.1. The van der Waals surface area contributed by atoms with Gasteiger partial charge in [0.25, 0.3) is 0 Å². The van der Waals surface area contributed by atoms with Crippen LogP contribution >= 0.6 is 31.9 Å². The SMILES string of the molecule is Nc1ccc(Br)cc1S(=O)(=O)Cc1cc(Br)ccc1F. The van der Waals surface area contributed by atoms with Gasteiger partial charge in [0.15, 0.2) is 9.84 Å². The molecule has 2 N–H and O–H groups in total. The van der Waals surface area contributed by atoms with E-state index in [2.05, 4.69) is 31.9 Å². The maximum absolute atomic E-state index is 13.7. The largest absolute Gasteiger partial charge is 0.398 e. The van der Waals surface area contributed by atoms with Crippen LogP contribution in [0.15, 0.2) is 50.2 Å². The molecule has 0 aliphatic rings. The van der Waals surface area contributed by atoms with Crippen molar-refractivity contribution in [3.05, 3.63) is 56.7 Å². The Morgan fingerprint density at radius 2 is 1.65 bits per heavy atom. The van der Waals surface area contributed by atoms with Crippen LogP contribution in [0.1, 0.15) is 5.56 Å². The number of benzene rings is 2. The number of anilines is 1. The lowest BCUT2D eigenvalue weighted by Crippen LogP contribution is -2.09. The van der Waals surface area contributed by atoms with Crippen molar-refractivity contribution >= 4 is 47.4 Å². The van der Waals surface area contributed by atoms with Gasteiger partial charge in [0.05, 0.1) is 16.3 Å². The van der Waals surface area contributed by atoms with Crippen LogP contribution in [-0.2, 0) is 15.6 Å². The zero-order chi connectivity index (χ0) is 14.9. The third-order valence-corrected chi connectivity index (χ3v) is 5.37. The molecule has 0 amide bonds. The Morgan fingerprint density at radius 1 is 1.05 bits per heavy atom. The quantitative estimate of drug-likeness (QED) is 0.763. The molecule has 0 bridgehead atoms. The summed E-state index contributed by atoms with van der Waals surface area (Å²) in [4.78, 5) is -0.00810. The molecule has 2 rings (SSSR count). The summed E-state index contributed by atoms with van der Waals surface area (Å²) in [5, 5.41) is 0. The summed E-state index contributed by atoms with van der Waals surface area (Å²) < 4.78 is 39.6. The van der Waals surface area contributed by atoms with Gasteiger partial charge in [0.1, 0.15) is 5.82 Å². The average molecular weight is 423 g/mol. The summed E-state index contributed by atoms with van der Waals surface area (Å²) >= 11 is 6.39. The van der Waals surface area contributed by atoms with Crippen LogP contribution in [0.4, 0.5) is 10.1 Å². The molecule has 7 heteroatoms. The Balaban J connectivity index is 2.46. The summed E-state index contributed by atoms with van der Waals surface area (Å²) in [7, 11) is -3.72. The molecule has 0 saturated heterocycles. The monoisotopic (exact) mass is 421 g/mol. The van der Waals surface area contributed by atoms with Crippen LogP contribution in [0.3, 0.4) is 0 Å². The van der Waals surface area contributed by atoms with Crippen molar-refractivity contribution in [3.8, 4) is 0 Å². The van der Waals surface area contributed by atoms with Gasteiger partial charge in [0.2, 0.25) is 0 Å². The molecular formula is C13H10Br2FNO2S. The Bertz CT molecular complexity index is 763. The first-order valence-corrected chi connectivity index (χ1v) is 8.75. The predicted molar refractivity (Wildman–Crippen MR) is 83.5 cm³/mol. The number of halogens is 3. The molecule has 0 spiro atoms. The molecule has 106 valence electrons. The second-order valence-corrected chi connectivity index (χ2v) is 7.97. The first-order valence-electron chi connectivity index (χ1n) is 5.51. The minimum Gasteiger partial charge on any atom is -0.398 e. The topological polar surface area (TPSA) is 60.2 Å². The van der Waals surface area contributed by atoms with Gasteiger partial charge >= 0.3 is 0 Å². The highest BCUT2D eigenvalue weighted by atomic mass is 79.9. The number of sulfone groups is 1. The number of nitrogen functional groups attached to an aromatic ring is 1. The number of rotatable bonds is 3. The van der Waals surface area contributed by atoms with E-state index in [1.807, 2.05) is 0 Å². The van der Waals surface area contributed by atoms with Gasteiger partial charge < -0.3 is 5.73 Å². The first kappa shape index (κ1) is 15.5. The van der Waals surface area contributed by atoms with Gasteiger partial charge in [-0.1, -0.05) is 31.9 Å². The van der Waals surface area contributed by atoms with E-state index in [-0.39, 0.29) is 16.1 Å². The van der Waals surface area contributed by atoms with Crippen molar-refractivity contribution in [2.24, 2.45) is 0 Å². The first-order chi connectivity index (χ1) is 9.29. The highest BCUT2D eigenvalue weighted by molar-refractivity contribution is 9.10. The third-order valence-electron chi connectivity index (χ3n) is 2.66. The molecule has 2 aromatic rings. The Labute approximate surface area is 133 Å². The standard InChI is InChI=1S/C13H10Br2FNO2S/c14-9-1-3-11(16)8(5-9)7-20(18,19)13-6-10(15)2-4-12(13)17/h1-6H,7,17H2. The predicted octanol–water partition coefficient (Wildman–Crippen LogP) is 3.91.